The van der Waals surface area contributed by atoms with Crippen LogP contribution in [0.25, 0.3) is 0 Å². The Morgan fingerprint density at radius 3 is 2.40 bits per heavy atom. The van der Waals surface area contributed by atoms with Gasteiger partial charge in [0.25, 0.3) is 10.0 Å². The number of nitrogens with two attached hydrogens (primary N) is 1. The minimum Gasteiger partial charge on any atom is -0.481 e. The van der Waals surface area contributed by atoms with Gasteiger partial charge in [-0.05, 0) is 67.5 Å². The highest BCUT2D eigenvalue weighted by atomic mass is 32.2. The number of sulfonamides is 1. The molecule has 214 valence electrons. The van der Waals surface area contributed by atoms with Crippen LogP contribution in [0.4, 0.5) is 26.7 Å². The van der Waals surface area contributed by atoms with Gasteiger partial charge >= 0.3 is 18.0 Å². The van der Waals surface area contributed by atoms with Gasteiger partial charge in [-0.2, -0.15) is 0 Å². The number of carbonyl (C=O) groups is 3. The zero-order valence-electron chi connectivity index (χ0n) is 22.2. The summed E-state index contributed by atoms with van der Waals surface area (Å²) in [5.41, 5.74) is 7.32. The first-order valence-electron chi connectivity index (χ1n) is 12.3. The average molecular weight is 571 g/mol. The first kappa shape index (κ1) is 31.4. The van der Waals surface area contributed by atoms with Crippen molar-refractivity contribution in [2.75, 3.05) is 22.3 Å². The van der Waals surface area contributed by atoms with Gasteiger partial charge in [-0.15, -0.1) is 0 Å². The minimum atomic E-state index is -4.07. The summed E-state index contributed by atoms with van der Waals surface area (Å²) in [5.74, 6) is -1.17. The van der Waals surface area contributed by atoms with E-state index in [-0.39, 0.29) is 16.3 Å². The van der Waals surface area contributed by atoms with Crippen LogP contribution in [0.1, 0.15) is 38.3 Å². The van der Waals surface area contributed by atoms with Crippen LogP contribution in [0.2, 0.25) is 0 Å². The van der Waals surface area contributed by atoms with Gasteiger partial charge in [-0.1, -0.05) is 31.7 Å². The Labute approximate surface area is 233 Å². The third-order valence-corrected chi connectivity index (χ3v) is 6.74. The second kappa shape index (κ2) is 15.0. The fourth-order valence-corrected chi connectivity index (χ4v) is 4.22. The van der Waals surface area contributed by atoms with Gasteiger partial charge in [-0.25, -0.2) is 18.0 Å². The van der Waals surface area contributed by atoms with Gasteiger partial charge < -0.3 is 32.1 Å². The van der Waals surface area contributed by atoms with Crippen molar-refractivity contribution in [1.82, 2.24) is 16.0 Å². The maximum atomic E-state index is 13.0. The molecule has 0 aliphatic heterocycles. The molecular weight excluding hydrogens is 536 g/mol. The Bertz CT molecular complexity index is 1390. The molecule has 0 saturated carbocycles. The summed E-state index contributed by atoms with van der Waals surface area (Å²) in [6.45, 7) is 7.28. The zero-order valence-corrected chi connectivity index (χ0v) is 23.0. The summed E-state index contributed by atoms with van der Waals surface area (Å²) < 4.78 is 28.5. The molecule has 0 bridgehead atoms. The summed E-state index contributed by atoms with van der Waals surface area (Å²) in [7, 11) is -4.07. The summed E-state index contributed by atoms with van der Waals surface area (Å²) in [6.07, 6.45) is 4.40. The zero-order chi connectivity index (χ0) is 29.7. The molecule has 0 heterocycles. The van der Waals surface area contributed by atoms with Crippen molar-refractivity contribution < 1.29 is 27.9 Å². The fraction of sp³-hybridized carbons (Fsp3) is 0.222. The normalized spacial score (nSPS) is 12.6. The quantitative estimate of drug-likeness (QED) is 0.140. The van der Waals surface area contributed by atoms with Crippen LogP contribution in [0.5, 0.6) is 0 Å². The molecule has 0 saturated heterocycles. The maximum absolute atomic E-state index is 13.0. The van der Waals surface area contributed by atoms with Crippen molar-refractivity contribution >= 4 is 45.1 Å². The van der Waals surface area contributed by atoms with Crippen LogP contribution in [0.15, 0.2) is 83.9 Å². The number of nitrogens with one attached hydrogen (secondary N) is 5. The number of carbonyl (C=O) groups excluding carboxylic acids is 2. The lowest BCUT2D eigenvalue weighted by molar-refractivity contribution is -0.137. The van der Waals surface area contributed by atoms with E-state index in [1.807, 2.05) is 6.92 Å². The number of allylic oxidation sites excluding steroid dienone is 4. The van der Waals surface area contributed by atoms with Crippen molar-refractivity contribution in [2.45, 2.75) is 32.7 Å². The second-order valence-corrected chi connectivity index (χ2v) is 10.5. The number of carboxylic acid groups (broad SMARTS) is 1. The molecular formula is C27H34N6O6S. The number of hydrogen-bond donors (Lipinski definition) is 7. The van der Waals surface area contributed by atoms with E-state index in [4.69, 9.17) is 5.73 Å². The van der Waals surface area contributed by atoms with Crippen molar-refractivity contribution in [3.05, 3.63) is 89.5 Å². The third kappa shape index (κ3) is 10.5. The standard InChI is InChI=1S/C27H34N6O6S/c1-4-7-22(31-26(36)29-14-5-2)15-18(3)40(38,39)33-23-9-6-8-19(16-23)24(17-25(34)35)32-27(37)30-21-12-10-20(28)11-13-21/h4,6-13,15-16,24,33H,1,5,14,17,28H2,2-3H3,(H,34,35)(H2,29,31,36)(H2,30,32,37)/b18-15+,22-7+. The van der Waals surface area contributed by atoms with Crippen molar-refractivity contribution in [1.29, 1.82) is 0 Å². The highest BCUT2D eigenvalue weighted by molar-refractivity contribution is 7.96. The largest absolute Gasteiger partial charge is 0.481 e. The Kier molecular flexibility index (Phi) is 11.8. The average Bonchev–Trinajstić information content (AvgIpc) is 2.88. The van der Waals surface area contributed by atoms with Crippen molar-refractivity contribution in [3.63, 3.8) is 0 Å². The fourth-order valence-electron chi connectivity index (χ4n) is 3.34. The van der Waals surface area contributed by atoms with Crippen LogP contribution in [0.3, 0.4) is 0 Å². The Morgan fingerprint density at radius 2 is 1.77 bits per heavy atom. The van der Waals surface area contributed by atoms with E-state index in [1.165, 1.54) is 43.4 Å². The maximum Gasteiger partial charge on any atom is 0.319 e. The number of urea groups is 2. The molecule has 2 rings (SSSR count). The Morgan fingerprint density at radius 1 is 1.07 bits per heavy atom. The predicted octanol–water partition coefficient (Wildman–Crippen LogP) is 4.03. The number of carboxylic acids is 1. The number of nitrogen functional groups attached to an aromatic ring is 1. The highest BCUT2D eigenvalue weighted by Gasteiger charge is 2.20. The van der Waals surface area contributed by atoms with Gasteiger partial charge in [0.05, 0.1) is 17.4 Å². The monoisotopic (exact) mass is 570 g/mol. The molecule has 1 unspecified atom stereocenters. The number of aliphatic carboxylic acids is 1. The highest BCUT2D eigenvalue weighted by Crippen LogP contribution is 2.23. The molecule has 0 radical (unpaired) electrons. The first-order valence-corrected chi connectivity index (χ1v) is 13.7. The molecule has 12 nitrogen and oxygen atoms in total. The summed E-state index contributed by atoms with van der Waals surface area (Å²) >= 11 is 0. The van der Waals surface area contributed by atoms with Crippen LogP contribution < -0.4 is 31.7 Å². The smallest absolute Gasteiger partial charge is 0.319 e. The van der Waals surface area contributed by atoms with E-state index in [0.717, 1.165) is 6.42 Å². The number of anilines is 3. The number of rotatable bonds is 13. The van der Waals surface area contributed by atoms with Gasteiger partial charge in [0.2, 0.25) is 0 Å². The van der Waals surface area contributed by atoms with E-state index in [2.05, 4.69) is 32.6 Å². The summed E-state index contributed by atoms with van der Waals surface area (Å²) in [5, 5.41) is 19.8. The minimum absolute atomic E-state index is 0.107. The molecule has 4 amide bonds. The lowest BCUT2D eigenvalue weighted by Gasteiger charge is -2.19. The van der Waals surface area contributed by atoms with Crippen LogP contribution in [0, 0.1) is 0 Å². The number of benzene rings is 2. The Hall–Kier alpha value is -4.78. The van der Waals surface area contributed by atoms with E-state index in [1.54, 1.807) is 30.3 Å². The topological polar surface area (TPSA) is 192 Å². The molecule has 0 aliphatic rings. The van der Waals surface area contributed by atoms with E-state index < -0.39 is 40.5 Å². The molecule has 0 spiro atoms. The summed E-state index contributed by atoms with van der Waals surface area (Å²) in [6, 6.07) is 10.3. The molecule has 0 aromatic heterocycles. The van der Waals surface area contributed by atoms with Gasteiger partial charge in [0.15, 0.2) is 0 Å². The van der Waals surface area contributed by atoms with Crippen molar-refractivity contribution in [2.24, 2.45) is 0 Å². The molecule has 0 aliphatic carbocycles. The van der Waals surface area contributed by atoms with Crippen LogP contribution >= 0.6 is 0 Å². The van der Waals surface area contributed by atoms with E-state index >= 15 is 0 Å². The second-order valence-electron chi connectivity index (χ2n) is 8.60. The van der Waals surface area contributed by atoms with Gasteiger partial charge in [-0.3, -0.25) is 9.52 Å². The van der Waals surface area contributed by atoms with E-state index in [0.29, 0.717) is 23.5 Å². The SMILES string of the molecule is C=C/C=C(\C=C(/C)S(=O)(=O)Nc1cccc(C(CC(=O)O)NC(=O)Nc2ccc(N)cc2)c1)NC(=O)NCCC. The first-order chi connectivity index (χ1) is 18.9. The lowest BCUT2D eigenvalue weighted by atomic mass is 10.0. The number of amides is 4. The van der Waals surface area contributed by atoms with Crippen LogP contribution in [-0.2, 0) is 14.8 Å². The molecule has 2 aromatic rings. The molecule has 40 heavy (non-hydrogen) atoms. The van der Waals surface area contributed by atoms with E-state index in [9.17, 15) is 27.9 Å². The molecule has 13 heteroatoms. The molecule has 2 aromatic carbocycles. The molecule has 8 N–H and O–H groups in total. The molecule has 1 atom stereocenters. The van der Waals surface area contributed by atoms with Gasteiger partial charge in [0.1, 0.15) is 0 Å². The van der Waals surface area contributed by atoms with Crippen molar-refractivity contribution in [3.8, 4) is 0 Å². The number of hydrogen-bond acceptors (Lipinski definition) is 6. The Balaban J connectivity index is 2.22. The predicted molar refractivity (Wildman–Crippen MR) is 156 cm³/mol. The summed E-state index contributed by atoms with van der Waals surface area (Å²) in [4.78, 5) is 35.9. The third-order valence-electron chi connectivity index (χ3n) is 5.27. The lowest BCUT2D eigenvalue weighted by Crippen LogP contribution is -2.35. The molecule has 0 fully saturated rings. The van der Waals surface area contributed by atoms with Gasteiger partial charge in [0, 0.05) is 29.3 Å². The van der Waals surface area contributed by atoms with Crippen LogP contribution in [-0.4, -0.2) is 38.1 Å².